The van der Waals surface area contributed by atoms with Crippen LogP contribution in [-0.4, -0.2) is 68.4 Å². The SMILES string of the molecule is CS(=O)(=O)/N=C(/c1ccc(C(=O)NCCNC(=O)c2ccc(Cl)cn2)cc1)N1CCCC1. The minimum atomic E-state index is -3.56. The van der Waals surface area contributed by atoms with Crippen LogP contribution in [0.25, 0.3) is 0 Å². The summed E-state index contributed by atoms with van der Waals surface area (Å²) in [6.07, 6.45) is 4.41. The molecule has 170 valence electrons. The van der Waals surface area contributed by atoms with Gasteiger partial charge in [-0.2, -0.15) is 0 Å². The van der Waals surface area contributed by atoms with E-state index in [0.29, 0.717) is 22.0 Å². The third kappa shape index (κ3) is 6.76. The molecule has 1 aliphatic rings. The van der Waals surface area contributed by atoms with Crippen molar-refractivity contribution in [2.75, 3.05) is 32.4 Å². The fourth-order valence-corrected chi connectivity index (χ4v) is 3.85. The molecule has 1 saturated heterocycles. The highest BCUT2D eigenvalue weighted by Crippen LogP contribution is 2.16. The van der Waals surface area contributed by atoms with Gasteiger partial charge in [0, 0.05) is 43.5 Å². The molecule has 11 heteroatoms. The Bertz CT molecular complexity index is 1100. The molecule has 2 heterocycles. The zero-order valence-electron chi connectivity index (χ0n) is 17.5. The minimum Gasteiger partial charge on any atom is -0.355 e. The van der Waals surface area contributed by atoms with Gasteiger partial charge in [-0.15, -0.1) is 4.40 Å². The van der Waals surface area contributed by atoms with Crippen molar-refractivity contribution >= 4 is 39.3 Å². The fourth-order valence-electron chi connectivity index (χ4n) is 3.20. The number of aromatic nitrogens is 1. The smallest absolute Gasteiger partial charge is 0.269 e. The molecule has 0 aliphatic carbocycles. The summed E-state index contributed by atoms with van der Waals surface area (Å²) in [6.45, 7) is 1.95. The Labute approximate surface area is 191 Å². The van der Waals surface area contributed by atoms with E-state index >= 15 is 0 Å². The summed E-state index contributed by atoms with van der Waals surface area (Å²) >= 11 is 5.75. The number of pyridine rings is 1. The molecule has 1 fully saturated rings. The highest BCUT2D eigenvalue weighted by molar-refractivity contribution is 7.89. The molecule has 3 rings (SSSR count). The lowest BCUT2D eigenvalue weighted by atomic mass is 10.1. The predicted molar refractivity (Wildman–Crippen MR) is 123 cm³/mol. The van der Waals surface area contributed by atoms with Gasteiger partial charge >= 0.3 is 0 Å². The van der Waals surface area contributed by atoms with E-state index in [9.17, 15) is 18.0 Å². The van der Waals surface area contributed by atoms with Crippen molar-refractivity contribution in [2.24, 2.45) is 4.40 Å². The number of carbonyl (C=O) groups is 2. The molecule has 0 radical (unpaired) electrons. The van der Waals surface area contributed by atoms with Crippen molar-refractivity contribution < 1.29 is 18.0 Å². The van der Waals surface area contributed by atoms with Crippen LogP contribution >= 0.6 is 11.6 Å². The first-order valence-corrected chi connectivity index (χ1v) is 12.3. The monoisotopic (exact) mass is 477 g/mol. The molecule has 0 spiro atoms. The van der Waals surface area contributed by atoms with E-state index in [1.54, 1.807) is 30.3 Å². The summed E-state index contributed by atoms with van der Waals surface area (Å²) in [7, 11) is -3.56. The number of hydrogen-bond acceptors (Lipinski definition) is 5. The van der Waals surface area contributed by atoms with E-state index in [1.807, 2.05) is 4.90 Å². The number of benzene rings is 1. The first-order valence-electron chi connectivity index (χ1n) is 10.1. The van der Waals surface area contributed by atoms with Gasteiger partial charge in [0.25, 0.3) is 21.8 Å². The van der Waals surface area contributed by atoms with Gasteiger partial charge < -0.3 is 15.5 Å². The fraction of sp³-hybridized carbons (Fsp3) is 0.333. The second-order valence-corrected chi connectivity index (χ2v) is 9.38. The highest BCUT2D eigenvalue weighted by Gasteiger charge is 2.20. The number of nitrogens with one attached hydrogen (secondary N) is 2. The van der Waals surface area contributed by atoms with Crippen LogP contribution in [0.15, 0.2) is 47.0 Å². The Morgan fingerprint density at radius 1 is 1.00 bits per heavy atom. The molecular weight excluding hydrogens is 454 g/mol. The van der Waals surface area contributed by atoms with E-state index in [2.05, 4.69) is 20.0 Å². The Morgan fingerprint density at radius 3 is 2.16 bits per heavy atom. The third-order valence-corrected chi connectivity index (χ3v) is 5.45. The van der Waals surface area contributed by atoms with E-state index in [-0.39, 0.29) is 30.6 Å². The van der Waals surface area contributed by atoms with E-state index in [4.69, 9.17) is 11.6 Å². The van der Waals surface area contributed by atoms with Crippen LogP contribution < -0.4 is 10.6 Å². The quantitative estimate of drug-likeness (QED) is 0.355. The molecule has 32 heavy (non-hydrogen) atoms. The van der Waals surface area contributed by atoms with Crippen molar-refractivity contribution in [3.8, 4) is 0 Å². The zero-order chi connectivity index (χ0) is 23.1. The van der Waals surface area contributed by atoms with Crippen LogP contribution in [0, 0.1) is 0 Å². The standard InChI is InChI=1S/C21H24ClN5O4S/c1-32(30,31)26-19(27-12-2-3-13-27)15-4-6-16(7-5-15)20(28)23-10-11-24-21(29)18-9-8-17(22)14-25-18/h4-9,14H,2-3,10-13H2,1H3,(H,23,28)(H,24,29)/b26-19-. The summed E-state index contributed by atoms with van der Waals surface area (Å²) in [6, 6.07) is 9.70. The van der Waals surface area contributed by atoms with Crippen LogP contribution in [0.3, 0.4) is 0 Å². The Kier molecular flexibility index (Phi) is 7.81. The number of sulfonamides is 1. The number of rotatable bonds is 7. The Hall–Kier alpha value is -2.98. The molecule has 2 amide bonds. The topological polar surface area (TPSA) is 121 Å². The highest BCUT2D eigenvalue weighted by atomic mass is 35.5. The van der Waals surface area contributed by atoms with Crippen LogP contribution in [0.1, 0.15) is 39.3 Å². The van der Waals surface area contributed by atoms with Crippen LogP contribution in [0.5, 0.6) is 0 Å². The largest absolute Gasteiger partial charge is 0.355 e. The average Bonchev–Trinajstić information content (AvgIpc) is 3.29. The molecule has 1 aliphatic heterocycles. The van der Waals surface area contributed by atoms with Crippen molar-refractivity contribution in [1.29, 1.82) is 0 Å². The second-order valence-electron chi connectivity index (χ2n) is 7.29. The number of hydrogen-bond donors (Lipinski definition) is 2. The molecule has 1 aromatic carbocycles. The molecule has 2 N–H and O–H groups in total. The summed E-state index contributed by atoms with van der Waals surface area (Å²) in [5.74, 6) is -0.270. The summed E-state index contributed by atoms with van der Waals surface area (Å²) < 4.78 is 27.4. The van der Waals surface area contributed by atoms with E-state index < -0.39 is 10.0 Å². The maximum Gasteiger partial charge on any atom is 0.269 e. The average molecular weight is 478 g/mol. The van der Waals surface area contributed by atoms with Gasteiger partial charge in [-0.25, -0.2) is 13.4 Å². The first-order chi connectivity index (χ1) is 15.2. The molecule has 0 atom stereocenters. The summed E-state index contributed by atoms with van der Waals surface area (Å²) in [5.41, 5.74) is 1.29. The predicted octanol–water partition coefficient (Wildman–Crippen LogP) is 1.70. The van der Waals surface area contributed by atoms with Gasteiger partial charge in [-0.1, -0.05) is 23.7 Å². The molecule has 0 unspecified atom stereocenters. The minimum absolute atomic E-state index is 0.229. The molecule has 9 nitrogen and oxygen atoms in total. The number of amidine groups is 1. The molecule has 0 saturated carbocycles. The van der Waals surface area contributed by atoms with Crippen molar-refractivity contribution in [2.45, 2.75) is 12.8 Å². The summed E-state index contributed by atoms with van der Waals surface area (Å²) in [4.78, 5) is 30.2. The zero-order valence-corrected chi connectivity index (χ0v) is 19.1. The van der Waals surface area contributed by atoms with Crippen molar-refractivity contribution in [3.05, 3.63) is 64.4 Å². The van der Waals surface area contributed by atoms with Crippen molar-refractivity contribution in [3.63, 3.8) is 0 Å². The number of amides is 2. The molecule has 0 bridgehead atoms. The molecular formula is C21H24ClN5O4S. The Balaban J connectivity index is 1.55. The lowest BCUT2D eigenvalue weighted by Gasteiger charge is -2.20. The van der Waals surface area contributed by atoms with Crippen LogP contribution in [-0.2, 0) is 10.0 Å². The first kappa shape index (κ1) is 23.7. The maximum atomic E-state index is 12.4. The van der Waals surface area contributed by atoms with Gasteiger partial charge in [0.05, 0.1) is 11.3 Å². The van der Waals surface area contributed by atoms with Gasteiger partial charge in [-0.3, -0.25) is 9.59 Å². The van der Waals surface area contributed by atoms with Gasteiger partial charge in [0.15, 0.2) is 0 Å². The number of carbonyl (C=O) groups excluding carboxylic acids is 2. The van der Waals surface area contributed by atoms with Gasteiger partial charge in [0.1, 0.15) is 11.5 Å². The Morgan fingerprint density at radius 2 is 1.59 bits per heavy atom. The maximum absolute atomic E-state index is 12.4. The molecule has 2 aromatic rings. The number of halogens is 1. The normalized spacial score (nSPS) is 14.3. The third-order valence-electron chi connectivity index (χ3n) is 4.72. The van der Waals surface area contributed by atoms with E-state index in [1.165, 1.54) is 12.3 Å². The molecule has 1 aromatic heterocycles. The number of nitrogens with zero attached hydrogens (tertiary/aromatic N) is 3. The van der Waals surface area contributed by atoms with E-state index in [0.717, 1.165) is 32.2 Å². The summed E-state index contributed by atoms with van der Waals surface area (Å²) in [5, 5.41) is 5.83. The van der Waals surface area contributed by atoms with Crippen LogP contribution in [0.2, 0.25) is 5.02 Å². The lowest BCUT2D eigenvalue weighted by molar-refractivity contribution is 0.0925. The second kappa shape index (κ2) is 10.6. The van der Waals surface area contributed by atoms with Crippen LogP contribution in [0.4, 0.5) is 0 Å². The lowest BCUT2D eigenvalue weighted by Crippen LogP contribution is -2.35. The van der Waals surface area contributed by atoms with Gasteiger partial charge in [-0.05, 0) is 37.1 Å². The van der Waals surface area contributed by atoms with Crippen molar-refractivity contribution in [1.82, 2.24) is 20.5 Å². The number of likely N-dealkylation sites (tertiary alicyclic amines) is 1. The van der Waals surface area contributed by atoms with Gasteiger partial charge in [0.2, 0.25) is 0 Å².